The molecule has 3 heterocycles. The number of aromatic nitrogens is 2. The van der Waals surface area contributed by atoms with Crippen LogP contribution in [-0.4, -0.2) is 44.8 Å². The summed E-state index contributed by atoms with van der Waals surface area (Å²) in [7, 11) is 0. The number of halogens is 4. The maximum Gasteiger partial charge on any atom is 0.422 e. The number of ether oxygens (including phenoxy) is 1. The molecule has 0 saturated heterocycles. The van der Waals surface area contributed by atoms with E-state index in [4.69, 9.17) is 16.7 Å². The molecule has 1 atom stereocenters. The van der Waals surface area contributed by atoms with Gasteiger partial charge in [0.15, 0.2) is 6.61 Å². The summed E-state index contributed by atoms with van der Waals surface area (Å²) in [5.41, 5.74) is 1.20. The van der Waals surface area contributed by atoms with Crippen molar-refractivity contribution in [2.45, 2.75) is 25.7 Å². The molecule has 2 N–H and O–H groups in total. The number of amides is 2. The molecule has 154 valence electrons. The minimum atomic E-state index is -4.53. The summed E-state index contributed by atoms with van der Waals surface area (Å²) >= 11 is 5.97. The Kier molecular flexibility index (Phi) is 5.51. The van der Waals surface area contributed by atoms with E-state index in [1.54, 1.807) is 6.92 Å². The van der Waals surface area contributed by atoms with Crippen molar-refractivity contribution in [1.82, 2.24) is 14.9 Å². The van der Waals surface area contributed by atoms with Gasteiger partial charge in [-0.3, -0.25) is 10.1 Å². The van der Waals surface area contributed by atoms with Gasteiger partial charge < -0.3 is 14.7 Å². The van der Waals surface area contributed by atoms with Crippen molar-refractivity contribution in [3.63, 3.8) is 0 Å². The Morgan fingerprint density at radius 1 is 1.45 bits per heavy atom. The lowest BCUT2D eigenvalue weighted by atomic mass is 10.1. The van der Waals surface area contributed by atoms with Crippen LogP contribution >= 0.6 is 11.6 Å². The van der Waals surface area contributed by atoms with Crippen molar-refractivity contribution in [2.75, 3.05) is 11.9 Å². The first-order valence-corrected chi connectivity index (χ1v) is 8.58. The van der Waals surface area contributed by atoms with Gasteiger partial charge in [0.2, 0.25) is 5.88 Å². The van der Waals surface area contributed by atoms with Crippen LogP contribution in [0, 0.1) is 0 Å². The second-order valence-electron chi connectivity index (χ2n) is 6.18. The van der Waals surface area contributed by atoms with E-state index in [2.05, 4.69) is 20.0 Å². The molecule has 2 amide bonds. The van der Waals surface area contributed by atoms with E-state index in [-0.39, 0.29) is 29.2 Å². The lowest BCUT2D eigenvalue weighted by Crippen LogP contribution is -2.27. The quantitative estimate of drug-likeness (QED) is 0.746. The third-order valence-corrected chi connectivity index (χ3v) is 4.52. The molecule has 0 aromatic carbocycles. The molecule has 1 aliphatic heterocycles. The lowest BCUT2D eigenvalue weighted by molar-refractivity contribution is -0.154. The van der Waals surface area contributed by atoms with Crippen LogP contribution in [0.25, 0.3) is 0 Å². The number of hydrogen-bond acceptors (Lipinski definition) is 5. The van der Waals surface area contributed by atoms with Crippen LogP contribution in [0.5, 0.6) is 5.88 Å². The molecule has 0 spiro atoms. The SMILES string of the molecule is CC(c1cnc(OCC(F)(F)F)c(Cl)c1)N1Cc2c(ccnc2NC(=O)O)C1=O. The standard InChI is InChI=1S/C17H14ClF3N4O4/c1-8(9-4-12(18)14(23-5-9)29-7-17(19,20)21)25-6-11-10(15(25)26)2-3-22-13(11)24-16(27)28/h2-5,8H,6-7H2,1H3,(H,22,24)(H,27,28). The Morgan fingerprint density at radius 3 is 2.79 bits per heavy atom. The van der Waals surface area contributed by atoms with Gasteiger partial charge in [-0.1, -0.05) is 11.6 Å². The number of hydrogen-bond donors (Lipinski definition) is 2. The van der Waals surface area contributed by atoms with Crippen LogP contribution in [0.1, 0.15) is 34.5 Å². The van der Waals surface area contributed by atoms with E-state index < -0.39 is 24.9 Å². The smallest absolute Gasteiger partial charge is 0.422 e. The van der Waals surface area contributed by atoms with Crippen LogP contribution in [0.4, 0.5) is 23.8 Å². The van der Waals surface area contributed by atoms with Gasteiger partial charge in [0.25, 0.3) is 5.91 Å². The summed E-state index contributed by atoms with van der Waals surface area (Å²) in [6, 6.07) is 2.31. The van der Waals surface area contributed by atoms with Gasteiger partial charge in [-0.15, -0.1) is 0 Å². The number of fused-ring (bicyclic) bond motifs is 1. The molecule has 0 fully saturated rings. The Labute approximate surface area is 167 Å². The third kappa shape index (κ3) is 4.50. The molecule has 0 bridgehead atoms. The Morgan fingerprint density at radius 2 is 2.17 bits per heavy atom. The average Bonchev–Trinajstić information content (AvgIpc) is 2.97. The highest BCUT2D eigenvalue weighted by atomic mass is 35.5. The number of carboxylic acid groups (broad SMARTS) is 1. The number of pyridine rings is 2. The number of nitrogens with one attached hydrogen (secondary N) is 1. The van der Waals surface area contributed by atoms with Gasteiger partial charge >= 0.3 is 12.3 Å². The second kappa shape index (κ2) is 7.74. The molecule has 1 aliphatic rings. The largest absolute Gasteiger partial charge is 0.467 e. The van der Waals surface area contributed by atoms with Gasteiger partial charge in [0, 0.05) is 23.5 Å². The molecule has 3 rings (SSSR count). The summed E-state index contributed by atoms with van der Waals surface area (Å²) < 4.78 is 41.4. The monoisotopic (exact) mass is 430 g/mol. The fourth-order valence-corrected chi connectivity index (χ4v) is 3.11. The highest BCUT2D eigenvalue weighted by Crippen LogP contribution is 2.35. The Balaban J connectivity index is 1.80. The van der Waals surface area contributed by atoms with Gasteiger partial charge in [-0.05, 0) is 24.6 Å². The third-order valence-electron chi connectivity index (χ3n) is 4.25. The highest BCUT2D eigenvalue weighted by molar-refractivity contribution is 6.31. The first-order chi connectivity index (χ1) is 13.6. The highest BCUT2D eigenvalue weighted by Gasteiger charge is 2.34. The lowest BCUT2D eigenvalue weighted by Gasteiger charge is -2.25. The van der Waals surface area contributed by atoms with Crippen LogP contribution in [0.2, 0.25) is 5.02 Å². The second-order valence-corrected chi connectivity index (χ2v) is 6.59. The Hall–Kier alpha value is -3.08. The zero-order chi connectivity index (χ0) is 21.3. The van der Waals surface area contributed by atoms with Crippen molar-refractivity contribution in [3.8, 4) is 5.88 Å². The summed E-state index contributed by atoms with van der Waals surface area (Å²) in [6.07, 6.45) is -3.25. The fraction of sp³-hybridized carbons (Fsp3) is 0.294. The van der Waals surface area contributed by atoms with Crippen LogP contribution < -0.4 is 10.1 Å². The molecule has 12 heteroatoms. The first kappa shape index (κ1) is 20.6. The maximum atomic E-state index is 12.7. The minimum absolute atomic E-state index is 0.0603. The summed E-state index contributed by atoms with van der Waals surface area (Å²) in [4.78, 5) is 32.9. The van der Waals surface area contributed by atoms with Gasteiger partial charge in [0.05, 0.1) is 12.6 Å². The molecular weight excluding hydrogens is 417 g/mol. The van der Waals surface area contributed by atoms with E-state index in [1.165, 1.54) is 29.4 Å². The molecule has 29 heavy (non-hydrogen) atoms. The maximum absolute atomic E-state index is 12.7. The van der Waals surface area contributed by atoms with Gasteiger partial charge in [-0.25, -0.2) is 14.8 Å². The van der Waals surface area contributed by atoms with E-state index in [1.807, 2.05) is 0 Å². The summed E-state index contributed by atoms with van der Waals surface area (Å²) in [6.45, 7) is 0.245. The summed E-state index contributed by atoms with van der Waals surface area (Å²) in [5, 5.41) is 10.9. The molecule has 2 aromatic rings. The number of carbonyl (C=O) groups excluding carboxylic acids is 1. The van der Waals surface area contributed by atoms with Crippen molar-refractivity contribution in [2.24, 2.45) is 0 Å². The van der Waals surface area contributed by atoms with Crippen molar-refractivity contribution < 1.29 is 32.6 Å². The number of anilines is 1. The van der Waals surface area contributed by atoms with Crippen LogP contribution in [-0.2, 0) is 6.54 Å². The number of carbonyl (C=O) groups is 2. The molecule has 0 aliphatic carbocycles. The molecule has 8 nitrogen and oxygen atoms in total. The van der Waals surface area contributed by atoms with Gasteiger partial charge in [-0.2, -0.15) is 13.2 Å². The zero-order valence-electron chi connectivity index (χ0n) is 14.8. The van der Waals surface area contributed by atoms with Crippen molar-refractivity contribution in [3.05, 3.63) is 46.2 Å². The normalized spacial score (nSPS) is 14.5. The minimum Gasteiger partial charge on any atom is -0.467 e. The predicted molar refractivity (Wildman–Crippen MR) is 95.0 cm³/mol. The Bertz CT molecular complexity index is 970. The van der Waals surface area contributed by atoms with Crippen molar-refractivity contribution >= 4 is 29.4 Å². The number of alkyl halides is 3. The zero-order valence-corrected chi connectivity index (χ0v) is 15.6. The molecular formula is C17H14ClF3N4O4. The van der Waals surface area contributed by atoms with Crippen molar-refractivity contribution in [1.29, 1.82) is 0 Å². The van der Waals surface area contributed by atoms with Crippen LogP contribution in [0.3, 0.4) is 0 Å². The predicted octanol–water partition coefficient (Wildman–Crippen LogP) is 3.88. The molecule has 0 saturated carbocycles. The van der Waals surface area contributed by atoms with E-state index in [9.17, 15) is 22.8 Å². The molecule has 2 aromatic heterocycles. The number of nitrogens with zero attached hydrogens (tertiary/aromatic N) is 3. The molecule has 1 unspecified atom stereocenters. The number of rotatable bonds is 5. The van der Waals surface area contributed by atoms with E-state index in [0.29, 0.717) is 16.7 Å². The average molecular weight is 431 g/mol. The van der Waals surface area contributed by atoms with Crippen LogP contribution in [0.15, 0.2) is 24.5 Å². The fourth-order valence-electron chi connectivity index (χ4n) is 2.88. The van der Waals surface area contributed by atoms with E-state index >= 15 is 0 Å². The summed E-state index contributed by atoms with van der Waals surface area (Å²) in [5.74, 6) is -0.657. The van der Waals surface area contributed by atoms with Gasteiger partial charge in [0.1, 0.15) is 10.8 Å². The molecule has 0 radical (unpaired) electrons. The first-order valence-electron chi connectivity index (χ1n) is 8.20. The van der Waals surface area contributed by atoms with E-state index in [0.717, 1.165) is 0 Å². The topological polar surface area (TPSA) is 105 Å².